The maximum absolute atomic E-state index is 13.4. The second-order valence-electron chi connectivity index (χ2n) is 10.5. The van der Waals surface area contributed by atoms with E-state index in [-0.39, 0.29) is 35.1 Å². The SMILES string of the molecule is COc1ncc(-c2cc(C)c3c(N)ncnn23)cc1C(=O)NC1CN(C(=O)CC(C)(C)C)CC1C. The van der Waals surface area contributed by atoms with Gasteiger partial charge in [0.2, 0.25) is 11.8 Å². The molecule has 1 fully saturated rings. The summed E-state index contributed by atoms with van der Waals surface area (Å²) in [6.07, 6.45) is 3.50. The van der Waals surface area contributed by atoms with Crippen LogP contribution in [-0.4, -0.2) is 62.5 Å². The Morgan fingerprint density at radius 3 is 2.66 bits per heavy atom. The van der Waals surface area contributed by atoms with Gasteiger partial charge >= 0.3 is 0 Å². The minimum Gasteiger partial charge on any atom is -0.480 e. The molecule has 0 aromatic carbocycles. The van der Waals surface area contributed by atoms with Crippen molar-refractivity contribution >= 4 is 23.1 Å². The Morgan fingerprint density at radius 2 is 1.97 bits per heavy atom. The monoisotopic (exact) mass is 479 g/mol. The van der Waals surface area contributed by atoms with Crippen molar-refractivity contribution in [3.05, 3.63) is 35.8 Å². The van der Waals surface area contributed by atoms with Crippen molar-refractivity contribution in [2.75, 3.05) is 25.9 Å². The maximum atomic E-state index is 13.4. The van der Waals surface area contributed by atoms with E-state index in [0.717, 1.165) is 11.3 Å². The highest BCUT2D eigenvalue weighted by molar-refractivity contribution is 5.98. The Balaban J connectivity index is 1.59. The topological polar surface area (TPSA) is 128 Å². The van der Waals surface area contributed by atoms with E-state index >= 15 is 0 Å². The van der Waals surface area contributed by atoms with E-state index in [0.29, 0.717) is 42.0 Å². The third kappa shape index (κ3) is 4.91. The molecule has 2 unspecified atom stereocenters. The van der Waals surface area contributed by atoms with E-state index in [9.17, 15) is 9.59 Å². The van der Waals surface area contributed by atoms with Crippen LogP contribution >= 0.6 is 0 Å². The summed E-state index contributed by atoms with van der Waals surface area (Å²) in [5.41, 5.74) is 9.33. The number of pyridine rings is 1. The van der Waals surface area contributed by atoms with Crippen LogP contribution in [0.5, 0.6) is 5.88 Å². The first-order chi connectivity index (χ1) is 16.5. The number of aryl methyl sites for hydroxylation is 1. The summed E-state index contributed by atoms with van der Waals surface area (Å²) in [6, 6.07) is 3.51. The number of carbonyl (C=O) groups is 2. The molecule has 0 aliphatic carbocycles. The zero-order valence-electron chi connectivity index (χ0n) is 21.1. The first-order valence-electron chi connectivity index (χ1n) is 11.7. The molecule has 0 bridgehead atoms. The maximum Gasteiger partial charge on any atom is 0.257 e. The molecule has 4 rings (SSSR count). The largest absolute Gasteiger partial charge is 0.480 e. The molecular weight excluding hydrogens is 446 g/mol. The summed E-state index contributed by atoms with van der Waals surface area (Å²) in [5.74, 6) is 0.541. The number of carbonyl (C=O) groups excluding carboxylic acids is 2. The molecule has 2 amide bonds. The van der Waals surface area contributed by atoms with E-state index in [2.05, 4.69) is 20.4 Å². The predicted octanol–water partition coefficient (Wildman–Crippen LogP) is 2.70. The Labute approximate surface area is 204 Å². The number of hydrogen-bond donors (Lipinski definition) is 2. The van der Waals surface area contributed by atoms with Gasteiger partial charge in [-0.25, -0.2) is 14.5 Å². The number of amides is 2. The number of hydrogen-bond acceptors (Lipinski definition) is 7. The summed E-state index contributed by atoms with van der Waals surface area (Å²) >= 11 is 0. The third-order valence-corrected chi connectivity index (χ3v) is 6.32. The van der Waals surface area contributed by atoms with Gasteiger partial charge in [0.05, 0.1) is 18.8 Å². The number of nitrogens with two attached hydrogens (primary N) is 1. The van der Waals surface area contributed by atoms with Gasteiger partial charge in [0.15, 0.2) is 5.82 Å². The fourth-order valence-electron chi connectivity index (χ4n) is 4.55. The van der Waals surface area contributed by atoms with Gasteiger partial charge in [-0.2, -0.15) is 5.10 Å². The number of anilines is 1. The van der Waals surface area contributed by atoms with Crippen LogP contribution in [0.15, 0.2) is 24.7 Å². The van der Waals surface area contributed by atoms with Crippen molar-refractivity contribution in [1.82, 2.24) is 29.8 Å². The number of rotatable bonds is 5. The summed E-state index contributed by atoms with van der Waals surface area (Å²) in [7, 11) is 1.48. The molecule has 3 aromatic rings. The molecule has 4 heterocycles. The Kier molecular flexibility index (Phi) is 6.40. The van der Waals surface area contributed by atoms with Gasteiger partial charge in [0.1, 0.15) is 17.4 Å². The van der Waals surface area contributed by atoms with Gasteiger partial charge in [-0.15, -0.1) is 0 Å². The average molecular weight is 480 g/mol. The van der Waals surface area contributed by atoms with Gasteiger partial charge in [-0.3, -0.25) is 9.59 Å². The molecule has 10 nitrogen and oxygen atoms in total. The lowest BCUT2D eigenvalue weighted by Gasteiger charge is -2.23. The van der Waals surface area contributed by atoms with Crippen LogP contribution in [-0.2, 0) is 4.79 Å². The van der Waals surface area contributed by atoms with Gasteiger partial charge in [0, 0.05) is 31.3 Å². The number of fused-ring (bicyclic) bond motifs is 1. The first-order valence-corrected chi connectivity index (χ1v) is 11.7. The second-order valence-corrected chi connectivity index (χ2v) is 10.5. The molecule has 3 N–H and O–H groups in total. The second kappa shape index (κ2) is 9.16. The van der Waals surface area contributed by atoms with E-state index in [1.54, 1.807) is 16.8 Å². The molecule has 1 aliphatic heterocycles. The molecule has 1 saturated heterocycles. The number of nitrogen functional groups attached to an aromatic ring is 1. The van der Waals surface area contributed by atoms with E-state index < -0.39 is 0 Å². The third-order valence-electron chi connectivity index (χ3n) is 6.32. The highest BCUT2D eigenvalue weighted by atomic mass is 16.5. The van der Waals surface area contributed by atoms with E-state index in [1.165, 1.54) is 13.4 Å². The predicted molar refractivity (Wildman–Crippen MR) is 133 cm³/mol. The van der Waals surface area contributed by atoms with Crippen molar-refractivity contribution in [3.63, 3.8) is 0 Å². The van der Waals surface area contributed by atoms with Gasteiger partial charge in [-0.05, 0) is 36.0 Å². The Morgan fingerprint density at radius 1 is 1.23 bits per heavy atom. The molecule has 2 atom stereocenters. The van der Waals surface area contributed by atoms with Gasteiger partial charge in [-0.1, -0.05) is 27.7 Å². The summed E-state index contributed by atoms with van der Waals surface area (Å²) in [4.78, 5) is 36.3. The lowest BCUT2D eigenvalue weighted by atomic mass is 9.92. The molecular formula is C25H33N7O3. The molecule has 35 heavy (non-hydrogen) atoms. The zero-order chi connectivity index (χ0) is 25.5. The number of aromatic nitrogens is 4. The van der Waals surface area contributed by atoms with Crippen molar-refractivity contribution in [2.24, 2.45) is 11.3 Å². The summed E-state index contributed by atoms with van der Waals surface area (Å²) in [5, 5.41) is 7.42. The quantitative estimate of drug-likeness (QED) is 0.576. The number of methoxy groups -OCH3 is 1. The minimum atomic E-state index is -0.301. The van der Waals surface area contributed by atoms with Crippen molar-refractivity contribution in [2.45, 2.75) is 47.1 Å². The van der Waals surface area contributed by atoms with E-state index in [1.807, 2.05) is 45.6 Å². The lowest BCUT2D eigenvalue weighted by Crippen LogP contribution is -2.41. The van der Waals surface area contributed by atoms with E-state index in [4.69, 9.17) is 10.5 Å². The van der Waals surface area contributed by atoms with Crippen LogP contribution < -0.4 is 15.8 Å². The first kappa shape index (κ1) is 24.4. The van der Waals surface area contributed by atoms with Crippen LogP contribution in [0.3, 0.4) is 0 Å². The molecule has 0 saturated carbocycles. The number of nitrogens with one attached hydrogen (secondary N) is 1. The fraction of sp³-hybridized carbons (Fsp3) is 0.480. The Hall–Kier alpha value is -3.69. The van der Waals surface area contributed by atoms with Gasteiger partial charge < -0.3 is 20.7 Å². The molecule has 0 spiro atoms. The summed E-state index contributed by atoms with van der Waals surface area (Å²) in [6.45, 7) is 11.2. The highest BCUT2D eigenvalue weighted by Crippen LogP contribution is 2.30. The van der Waals surface area contributed by atoms with Crippen LogP contribution in [0.1, 0.15) is 50.0 Å². The van der Waals surface area contributed by atoms with Crippen LogP contribution in [0.2, 0.25) is 0 Å². The normalized spacial score (nSPS) is 18.2. The summed E-state index contributed by atoms with van der Waals surface area (Å²) < 4.78 is 7.08. The molecule has 186 valence electrons. The standard InChI is InChI=1S/C25H33N7O3/c1-14-7-19(32-21(14)22(26)28-13-29-32)16-8-17(24(35-6)27-10-16)23(34)30-18-12-31(11-15(18)2)20(33)9-25(3,4)5/h7-8,10,13,15,18H,9,11-12H2,1-6H3,(H,30,34)(H2,26,28,29). The zero-order valence-corrected chi connectivity index (χ0v) is 21.1. The molecule has 3 aromatic heterocycles. The number of nitrogens with zero attached hydrogens (tertiary/aromatic N) is 5. The van der Waals surface area contributed by atoms with Crippen molar-refractivity contribution in [3.8, 4) is 17.1 Å². The van der Waals surface area contributed by atoms with Crippen molar-refractivity contribution in [1.29, 1.82) is 0 Å². The minimum absolute atomic E-state index is 0.0853. The molecule has 10 heteroatoms. The van der Waals surface area contributed by atoms with Crippen molar-refractivity contribution < 1.29 is 14.3 Å². The van der Waals surface area contributed by atoms with Gasteiger partial charge in [0.25, 0.3) is 5.91 Å². The highest BCUT2D eigenvalue weighted by Gasteiger charge is 2.35. The Bertz CT molecular complexity index is 1280. The van der Waals surface area contributed by atoms with Crippen LogP contribution in [0.4, 0.5) is 5.82 Å². The van der Waals surface area contributed by atoms with Crippen LogP contribution in [0.25, 0.3) is 16.8 Å². The lowest BCUT2D eigenvalue weighted by molar-refractivity contribution is -0.132. The molecule has 0 radical (unpaired) electrons. The molecule has 1 aliphatic rings. The number of ether oxygens (including phenoxy) is 1. The smallest absolute Gasteiger partial charge is 0.257 e. The fourth-order valence-corrected chi connectivity index (χ4v) is 4.55. The number of likely N-dealkylation sites (tertiary alicyclic amines) is 1. The average Bonchev–Trinajstić information content (AvgIpc) is 3.32. The van der Waals surface area contributed by atoms with Crippen LogP contribution in [0, 0.1) is 18.3 Å².